The molecule has 0 N–H and O–H groups in total. The summed E-state index contributed by atoms with van der Waals surface area (Å²) in [6.45, 7) is 8.84. The summed E-state index contributed by atoms with van der Waals surface area (Å²) in [5.41, 5.74) is 3.23. The van der Waals surface area contributed by atoms with Crippen LogP contribution in [0.2, 0.25) is 0 Å². The Morgan fingerprint density at radius 2 is 1.81 bits per heavy atom. The molecule has 1 aromatic carbocycles. The lowest BCUT2D eigenvalue weighted by Gasteiger charge is -2.22. The quantitative estimate of drug-likeness (QED) is 0.830. The predicted octanol–water partition coefficient (Wildman–Crippen LogP) is 3.60. The number of hydrogen-bond donors (Lipinski definition) is 0. The third-order valence-electron chi connectivity index (χ3n) is 6.34. The van der Waals surface area contributed by atoms with E-state index in [4.69, 9.17) is 0 Å². The van der Waals surface area contributed by atoms with Crippen LogP contribution in [0.3, 0.4) is 0 Å². The molecular formula is C19H25NO. The van der Waals surface area contributed by atoms with E-state index in [9.17, 15) is 4.79 Å². The maximum Gasteiger partial charge on any atom is 0.222 e. The minimum absolute atomic E-state index is 0.401. The van der Waals surface area contributed by atoms with Gasteiger partial charge in [-0.1, -0.05) is 43.7 Å². The SMILES string of the molecule is Cc1ccc([C@@H]2CC2CC(=O)N2CC3C(C2)C3(C)C)cc1. The minimum Gasteiger partial charge on any atom is -0.342 e. The Kier molecular flexibility index (Phi) is 2.76. The number of likely N-dealkylation sites (tertiary alicyclic amines) is 1. The molecule has 1 aromatic rings. The number of carbonyl (C=O) groups is 1. The first kappa shape index (κ1) is 13.4. The molecule has 112 valence electrons. The van der Waals surface area contributed by atoms with Gasteiger partial charge in [-0.3, -0.25) is 4.79 Å². The highest BCUT2D eigenvalue weighted by Crippen LogP contribution is 2.62. The van der Waals surface area contributed by atoms with Gasteiger partial charge in [0.15, 0.2) is 0 Å². The molecule has 3 aliphatic rings. The highest BCUT2D eigenvalue weighted by Gasteiger charge is 2.62. The summed E-state index contributed by atoms with van der Waals surface area (Å²) in [6, 6.07) is 8.83. The normalized spacial score (nSPS) is 35.5. The number of hydrogen-bond acceptors (Lipinski definition) is 1. The molecule has 3 unspecified atom stereocenters. The number of piperidine rings is 1. The van der Waals surface area contributed by atoms with Crippen LogP contribution >= 0.6 is 0 Å². The number of carbonyl (C=O) groups excluding carboxylic acids is 1. The molecule has 2 aliphatic carbocycles. The van der Waals surface area contributed by atoms with Crippen LogP contribution in [0.15, 0.2) is 24.3 Å². The zero-order chi connectivity index (χ0) is 14.8. The third kappa shape index (κ3) is 2.20. The molecule has 4 atom stereocenters. The van der Waals surface area contributed by atoms with Crippen molar-refractivity contribution in [2.45, 2.75) is 39.5 Å². The van der Waals surface area contributed by atoms with Crippen molar-refractivity contribution >= 4 is 5.91 Å². The molecule has 1 heterocycles. The Morgan fingerprint density at radius 3 is 2.43 bits per heavy atom. The van der Waals surface area contributed by atoms with Gasteiger partial charge in [0.05, 0.1) is 0 Å². The fourth-order valence-corrected chi connectivity index (χ4v) is 4.38. The van der Waals surface area contributed by atoms with Crippen molar-refractivity contribution in [1.82, 2.24) is 4.90 Å². The summed E-state index contributed by atoms with van der Waals surface area (Å²) in [5.74, 6) is 3.16. The third-order valence-corrected chi connectivity index (χ3v) is 6.34. The van der Waals surface area contributed by atoms with Crippen LogP contribution in [0.25, 0.3) is 0 Å². The average molecular weight is 283 g/mol. The van der Waals surface area contributed by atoms with Gasteiger partial charge in [-0.15, -0.1) is 0 Å². The molecule has 0 spiro atoms. The lowest BCUT2D eigenvalue weighted by molar-refractivity contribution is -0.131. The monoisotopic (exact) mass is 283 g/mol. The summed E-state index contributed by atoms with van der Waals surface area (Å²) >= 11 is 0. The Labute approximate surface area is 127 Å². The van der Waals surface area contributed by atoms with E-state index >= 15 is 0 Å². The molecule has 0 aromatic heterocycles. The minimum atomic E-state index is 0.401. The number of rotatable bonds is 3. The number of nitrogens with zero attached hydrogens (tertiary/aromatic N) is 1. The van der Waals surface area contributed by atoms with Crippen molar-refractivity contribution in [3.8, 4) is 0 Å². The van der Waals surface area contributed by atoms with Crippen molar-refractivity contribution in [3.63, 3.8) is 0 Å². The van der Waals surface area contributed by atoms with Gasteiger partial charge >= 0.3 is 0 Å². The predicted molar refractivity (Wildman–Crippen MR) is 84.0 cm³/mol. The van der Waals surface area contributed by atoms with Gasteiger partial charge in [0, 0.05) is 19.5 Å². The summed E-state index contributed by atoms with van der Waals surface area (Å²) in [4.78, 5) is 14.6. The summed E-state index contributed by atoms with van der Waals surface area (Å²) < 4.78 is 0. The zero-order valence-electron chi connectivity index (χ0n) is 13.3. The van der Waals surface area contributed by atoms with Crippen molar-refractivity contribution < 1.29 is 4.79 Å². The van der Waals surface area contributed by atoms with Gasteiger partial charge < -0.3 is 4.90 Å². The van der Waals surface area contributed by atoms with Gasteiger partial charge in [-0.2, -0.15) is 0 Å². The summed E-state index contributed by atoms with van der Waals surface area (Å²) in [7, 11) is 0. The molecule has 21 heavy (non-hydrogen) atoms. The Hall–Kier alpha value is -1.31. The van der Waals surface area contributed by atoms with E-state index in [0.29, 0.717) is 23.2 Å². The van der Waals surface area contributed by atoms with Crippen molar-refractivity contribution in [2.24, 2.45) is 23.2 Å². The Balaban J connectivity index is 1.30. The van der Waals surface area contributed by atoms with Crippen LogP contribution in [0, 0.1) is 30.1 Å². The standard InChI is InChI=1S/C19H25NO/c1-12-4-6-13(7-5-12)15-8-14(15)9-18(21)20-10-16-17(11-20)19(16,2)3/h4-7,14-17H,8-11H2,1-3H3/t14?,15-,16?,17?/m0/s1. The number of benzene rings is 1. The molecule has 2 heteroatoms. The topological polar surface area (TPSA) is 20.3 Å². The molecule has 2 nitrogen and oxygen atoms in total. The highest BCUT2D eigenvalue weighted by atomic mass is 16.2. The molecular weight excluding hydrogens is 258 g/mol. The zero-order valence-corrected chi connectivity index (χ0v) is 13.3. The van der Waals surface area contributed by atoms with Gasteiger partial charge in [0.25, 0.3) is 0 Å². The highest BCUT2D eigenvalue weighted by molar-refractivity contribution is 5.77. The van der Waals surface area contributed by atoms with E-state index in [0.717, 1.165) is 31.3 Å². The molecule has 0 bridgehead atoms. The van der Waals surface area contributed by atoms with E-state index in [1.54, 1.807) is 0 Å². The van der Waals surface area contributed by atoms with Crippen LogP contribution in [0.4, 0.5) is 0 Å². The number of amides is 1. The smallest absolute Gasteiger partial charge is 0.222 e. The Morgan fingerprint density at radius 1 is 1.19 bits per heavy atom. The second-order valence-corrected chi connectivity index (χ2v) is 8.05. The summed E-state index contributed by atoms with van der Waals surface area (Å²) in [6.07, 6.45) is 1.96. The Bertz CT molecular complexity index is 560. The molecule has 1 aliphatic heterocycles. The van der Waals surface area contributed by atoms with Crippen LogP contribution in [-0.2, 0) is 4.79 Å². The van der Waals surface area contributed by atoms with Crippen molar-refractivity contribution in [3.05, 3.63) is 35.4 Å². The van der Waals surface area contributed by atoms with E-state index < -0.39 is 0 Å². The van der Waals surface area contributed by atoms with Crippen LogP contribution in [0.5, 0.6) is 0 Å². The molecule has 3 fully saturated rings. The number of aryl methyl sites for hydroxylation is 1. The number of fused-ring (bicyclic) bond motifs is 1. The van der Waals surface area contributed by atoms with Crippen molar-refractivity contribution in [1.29, 1.82) is 0 Å². The maximum atomic E-state index is 12.4. The second kappa shape index (κ2) is 4.34. The maximum absolute atomic E-state index is 12.4. The molecule has 4 rings (SSSR count). The largest absolute Gasteiger partial charge is 0.342 e. The fraction of sp³-hybridized carbons (Fsp3) is 0.632. The van der Waals surface area contributed by atoms with E-state index in [-0.39, 0.29) is 0 Å². The van der Waals surface area contributed by atoms with Gasteiger partial charge in [-0.25, -0.2) is 0 Å². The molecule has 1 saturated heterocycles. The van der Waals surface area contributed by atoms with Gasteiger partial charge in [0.1, 0.15) is 0 Å². The first-order valence-corrected chi connectivity index (χ1v) is 8.31. The summed E-state index contributed by atoms with van der Waals surface area (Å²) in [5, 5.41) is 0. The van der Waals surface area contributed by atoms with E-state index in [2.05, 4.69) is 49.9 Å². The van der Waals surface area contributed by atoms with E-state index in [1.807, 2.05) is 0 Å². The van der Waals surface area contributed by atoms with Crippen LogP contribution in [0.1, 0.15) is 43.7 Å². The van der Waals surface area contributed by atoms with Gasteiger partial charge in [-0.05, 0) is 48.0 Å². The fourth-order valence-electron chi connectivity index (χ4n) is 4.38. The van der Waals surface area contributed by atoms with Crippen LogP contribution in [-0.4, -0.2) is 23.9 Å². The van der Waals surface area contributed by atoms with Crippen LogP contribution < -0.4 is 0 Å². The van der Waals surface area contributed by atoms with E-state index in [1.165, 1.54) is 17.5 Å². The van der Waals surface area contributed by atoms with Crippen molar-refractivity contribution in [2.75, 3.05) is 13.1 Å². The first-order valence-electron chi connectivity index (χ1n) is 8.31. The van der Waals surface area contributed by atoms with Gasteiger partial charge in [0.2, 0.25) is 5.91 Å². The molecule has 0 radical (unpaired) electrons. The first-order chi connectivity index (χ1) is 9.96. The average Bonchev–Trinajstić information content (AvgIpc) is 3.21. The second-order valence-electron chi connectivity index (χ2n) is 8.05. The lowest BCUT2D eigenvalue weighted by Crippen LogP contribution is -2.33. The molecule has 2 saturated carbocycles. The molecule has 1 amide bonds. The lowest BCUT2D eigenvalue weighted by atomic mass is 10.0.